The van der Waals surface area contributed by atoms with Crippen LogP contribution in [0.2, 0.25) is 0 Å². The minimum Gasteiger partial charge on any atom is -0.326 e. The molecule has 0 saturated carbocycles. The SMILES string of the molecule is Cc1nc(-c2ncc(Br)cc2Br)sc1CN. The molecule has 0 atom stereocenters. The Labute approximate surface area is 114 Å². The van der Waals surface area contributed by atoms with Crippen LogP contribution in [0.15, 0.2) is 21.2 Å². The second-order valence-electron chi connectivity index (χ2n) is 3.22. The molecule has 0 aliphatic heterocycles. The number of aryl methyl sites for hydroxylation is 1. The van der Waals surface area contributed by atoms with Crippen LogP contribution in [-0.4, -0.2) is 9.97 Å². The first-order valence-corrected chi connectivity index (χ1v) is 7.00. The first-order chi connectivity index (χ1) is 7.61. The van der Waals surface area contributed by atoms with Crippen LogP contribution in [0, 0.1) is 6.92 Å². The van der Waals surface area contributed by atoms with Crippen LogP contribution in [0.4, 0.5) is 0 Å². The van der Waals surface area contributed by atoms with E-state index in [4.69, 9.17) is 5.73 Å². The molecule has 6 heteroatoms. The molecule has 0 unspecified atom stereocenters. The van der Waals surface area contributed by atoms with Crippen molar-refractivity contribution < 1.29 is 0 Å². The van der Waals surface area contributed by atoms with Gasteiger partial charge in [0.05, 0.1) is 5.69 Å². The average Bonchev–Trinajstić information content (AvgIpc) is 2.59. The van der Waals surface area contributed by atoms with E-state index >= 15 is 0 Å². The van der Waals surface area contributed by atoms with E-state index < -0.39 is 0 Å². The number of rotatable bonds is 2. The summed E-state index contributed by atoms with van der Waals surface area (Å²) in [5, 5.41) is 0.900. The van der Waals surface area contributed by atoms with Gasteiger partial charge in [-0.2, -0.15) is 0 Å². The molecule has 0 spiro atoms. The van der Waals surface area contributed by atoms with Crippen molar-refractivity contribution in [2.75, 3.05) is 0 Å². The number of nitrogens with two attached hydrogens (primary N) is 1. The summed E-state index contributed by atoms with van der Waals surface area (Å²) in [6.07, 6.45) is 1.76. The molecule has 0 radical (unpaired) electrons. The van der Waals surface area contributed by atoms with Gasteiger partial charge in [0.15, 0.2) is 0 Å². The summed E-state index contributed by atoms with van der Waals surface area (Å²) in [6, 6.07) is 1.96. The van der Waals surface area contributed by atoms with E-state index in [9.17, 15) is 0 Å². The van der Waals surface area contributed by atoms with Crippen molar-refractivity contribution in [1.82, 2.24) is 9.97 Å². The topological polar surface area (TPSA) is 51.8 Å². The van der Waals surface area contributed by atoms with Crippen molar-refractivity contribution in [3.8, 4) is 10.7 Å². The molecule has 0 aromatic carbocycles. The Kier molecular flexibility index (Phi) is 3.73. The van der Waals surface area contributed by atoms with Gasteiger partial charge >= 0.3 is 0 Å². The zero-order chi connectivity index (χ0) is 11.7. The summed E-state index contributed by atoms with van der Waals surface area (Å²) in [4.78, 5) is 9.93. The quantitative estimate of drug-likeness (QED) is 0.889. The van der Waals surface area contributed by atoms with Crippen LogP contribution >= 0.6 is 43.2 Å². The maximum atomic E-state index is 5.64. The smallest absolute Gasteiger partial charge is 0.143 e. The highest BCUT2D eigenvalue weighted by atomic mass is 79.9. The third kappa shape index (κ3) is 2.34. The van der Waals surface area contributed by atoms with Gasteiger partial charge in [-0.3, -0.25) is 4.98 Å². The molecule has 0 amide bonds. The van der Waals surface area contributed by atoms with E-state index in [0.29, 0.717) is 6.54 Å². The third-order valence-electron chi connectivity index (χ3n) is 2.09. The molecule has 2 rings (SSSR count). The molecule has 16 heavy (non-hydrogen) atoms. The summed E-state index contributed by atoms with van der Waals surface area (Å²) in [5.74, 6) is 0. The molecule has 84 valence electrons. The first kappa shape index (κ1) is 12.2. The molecule has 0 aliphatic rings. The van der Waals surface area contributed by atoms with Crippen LogP contribution in [0.1, 0.15) is 10.6 Å². The van der Waals surface area contributed by atoms with Crippen LogP contribution < -0.4 is 5.73 Å². The highest BCUT2D eigenvalue weighted by Gasteiger charge is 2.12. The molecule has 0 aliphatic carbocycles. The summed E-state index contributed by atoms with van der Waals surface area (Å²) < 4.78 is 1.87. The molecule has 3 nitrogen and oxygen atoms in total. The fourth-order valence-electron chi connectivity index (χ4n) is 1.29. The van der Waals surface area contributed by atoms with Crippen molar-refractivity contribution in [1.29, 1.82) is 0 Å². The standard InChI is InChI=1S/C10H9Br2N3S/c1-5-8(3-13)16-10(15-5)9-7(12)2-6(11)4-14-9/h2,4H,3,13H2,1H3. The van der Waals surface area contributed by atoms with Gasteiger partial charge in [-0.1, -0.05) is 0 Å². The van der Waals surface area contributed by atoms with Gasteiger partial charge in [0.1, 0.15) is 10.7 Å². The lowest BCUT2D eigenvalue weighted by Gasteiger charge is -1.99. The molecule has 0 fully saturated rings. The van der Waals surface area contributed by atoms with Gasteiger partial charge in [0.25, 0.3) is 0 Å². The molecular weight excluding hydrogens is 354 g/mol. The second-order valence-corrected chi connectivity index (χ2v) is 6.07. The highest BCUT2D eigenvalue weighted by molar-refractivity contribution is 9.11. The van der Waals surface area contributed by atoms with E-state index in [1.165, 1.54) is 0 Å². The number of pyridine rings is 1. The van der Waals surface area contributed by atoms with Crippen molar-refractivity contribution in [3.63, 3.8) is 0 Å². The fraction of sp³-hybridized carbons (Fsp3) is 0.200. The number of hydrogen-bond acceptors (Lipinski definition) is 4. The van der Waals surface area contributed by atoms with Crippen molar-refractivity contribution in [3.05, 3.63) is 31.8 Å². The Balaban J connectivity index is 2.50. The number of halogens is 2. The van der Waals surface area contributed by atoms with Gasteiger partial charge in [0, 0.05) is 26.6 Å². The van der Waals surface area contributed by atoms with E-state index in [-0.39, 0.29) is 0 Å². The zero-order valence-electron chi connectivity index (χ0n) is 8.50. The lowest BCUT2D eigenvalue weighted by molar-refractivity contribution is 1.06. The number of hydrogen-bond donors (Lipinski definition) is 1. The molecular formula is C10H9Br2N3S. The predicted octanol–water partition coefficient (Wildman–Crippen LogP) is 3.50. The third-order valence-corrected chi connectivity index (χ3v) is 4.31. The normalized spacial score (nSPS) is 10.8. The van der Waals surface area contributed by atoms with Crippen molar-refractivity contribution >= 4 is 43.2 Å². The monoisotopic (exact) mass is 361 g/mol. The Morgan fingerprint density at radius 2 is 2.19 bits per heavy atom. The van der Waals surface area contributed by atoms with Crippen molar-refractivity contribution in [2.24, 2.45) is 5.73 Å². The van der Waals surface area contributed by atoms with E-state index in [1.807, 2.05) is 13.0 Å². The molecule has 2 aromatic rings. The van der Waals surface area contributed by atoms with Crippen LogP contribution in [-0.2, 0) is 6.54 Å². The van der Waals surface area contributed by atoms with Crippen LogP contribution in [0.3, 0.4) is 0 Å². The summed E-state index contributed by atoms with van der Waals surface area (Å²) in [7, 11) is 0. The van der Waals surface area contributed by atoms with Crippen LogP contribution in [0.25, 0.3) is 10.7 Å². The molecule has 2 N–H and O–H groups in total. The van der Waals surface area contributed by atoms with Crippen LogP contribution in [0.5, 0.6) is 0 Å². The molecule has 0 saturated heterocycles. The lowest BCUT2D eigenvalue weighted by Crippen LogP contribution is -1.94. The number of nitrogens with zero attached hydrogens (tertiary/aromatic N) is 2. The van der Waals surface area contributed by atoms with Gasteiger partial charge in [0.2, 0.25) is 0 Å². The Morgan fingerprint density at radius 3 is 2.75 bits per heavy atom. The number of thiazole rings is 1. The maximum Gasteiger partial charge on any atom is 0.143 e. The Bertz CT molecular complexity index is 525. The van der Waals surface area contributed by atoms with Gasteiger partial charge in [-0.05, 0) is 44.8 Å². The van der Waals surface area contributed by atoms with Gasteiger partial charge in [-0.25, -0.2) is 4.98 Å². The zero-order valence-corrected chi connectivity index (χ0v) is 12.5. The summed E-state index contributed by atoms with van der Waals surface area (Å²) in [5.41, 5.74) is 7.48. The maximum absolute atomic E-state index is 5.64. The average molecular weight is 363 g/mol. The minimum atomic E-state index is 0.525. The minimum absolute atomic E-state index is 0.525. The molecule has 2 heterocycles. The summed E-state index contributed by atoms with van der Waals surface area (Å²) in [6.45, 7) is 2.49. The second kappa shape index (κ2) is 4.91. The Morgan fingerprint density at radius 1 is 1.44 bits per heavy atom. The van der Waals surface area contributed by atoms with E-state index in [0.717, 1.165) is 30.2 Å². The highest BCUT2D eigenvalue weighted by Crippen LogP contribution is 2.32. The fourth-order valence-corrected chi connectivity index (χ4v) is 3.55. The number of aromatic nitrogens is 2. The summed E-state index contributed by atoms with van der Waals surface area (Å²) >= 11 is 8.44. The lowest BCUT2D eigenvalue weighted by atomic mass is 10.3. The predicted molar refractivity (Wildman–Crippen MR) is 73.4 cm³/mol. The van der Waals surface area contributed by atoms with Crippen molar-refractivity contribution in [2.45, 2.75) is 13.5 Å². The van der Waals surface area contributed by atoms with Gasteiger partial charge < -0.3 is 5.73 Å². The Hall–Kier alpha value is -0.300. The van der Waals surface area contributed by atoms with E-state index in [1.54, 1.807) is 17.5 Å². The largest absolute Gasteiger partial charge is 0.326 e. The van der Waals surface area contributed by atoms with Gasteiger partial charge in [-0.15, -0.1) is 11.3 Å². The molecule has 0 bridgehead atoms. The van der Waals surface area contributed by atoms with E-state index in [2.05, 4.69) is 41.8 Å². The molecule has 2 aromatic heterocycles. The first-order valence-electron chi connectivity index (χ1n) is 4.59.